The SMILES string of the molecule is C=CC[C@H](CCCCOCc1ccc(OC)cc1)N[S@@](=O)C(C)(C)C. The van der Waals surface area contributed by atoms with Gasteiger partial charge in [0.1, 0.15) is 5.75 Å². The minimum Gasteiger partial charge on any atom is -0.497 e. The van der Waals surface area contributed by atoms with Crippen molar-refractivity contribution in [3.8, 4) is 5.75 Å². The summed E-state index contributed by atoms with van der Waals surface area (Å²) >= 11 is 0. The van der Waals surface area contributed by atoms with Gasteiger partial charge in [0.15, 0.2) is 0 Å². The van der Waals surface area contributed by atoms with Gasteiger partial charge in [0, 0.05) is 12.6 Å². The van der Waals surface area contributed by atoms with Crippen molar-refractivity contribution in [1.82, 2.24) is 4.72 Å². The van der Waals surface area contributed by atoms with Gasteiger partial charge in [-0.15, -0.1) is 6.58 Å². The highest BCUT2D eigenvalue weighted by Gasteiger charge is 2.22. The minimum atomic E-state index is -1.04. The molecule has 142 valence electrons. The highest BCUT2D eigenvalue weighted by atomic mass is 32.2. The average molecular weight is 368 g/mol. The molecule has 0 saturated carbocycles. The number of methoxy groups -OCH3 is 1. The molecule has 4 nitrogen and oxygen atoms in total. The van der Waals surface area contributed by atoms with Gasteiger partial charge in [-0.05, 0) is 64.2 Å². The van der Waals surface area contributed by atoms with Crippen molar-refractivity contribution in [1.29, 1.82) is 0 Å². The van der Waals surface area contributed by atoms with Gasteiger partial charge in [-0.2, -0.15) is 0 Å². The smallest absolute Gasteiger partial charge is 0.118 e. The molecule has 0 aliphatic carbocycles. The molecule has 0 aliphatic rings. The molecule has 0 saturated heterocycles. The van der Waals surface area contributed by atoms with Gasteiger partial charge in [-0.25, -0.2) is 8.93 Å². The van der Waals surface area contributed by atoms with E-state index in [1.165, 1.54) is 0 Å². The zero-order valence-corrected chi connectivity index (χ0v) is 16.9. The van der Waals surface area contributed by atoms with Crippen LogP contribution in [0.3, 0.4) is 0 Å². The molecule has 2 atom stereocenters. The lowest BCUT2D eigenvalue weighted by Gasteiger charge is -2.23. The minimum absolute atomic E-state index is 0.208. The van der Waals surface area contributed by atoms with Crippen LogP contribution in [0.1, 0.15) is 52.0 Å². The summed E-state index contributed by atoms with van der Waals surface area (Å²) in [7, 11) is 0.619. The van der Waals surface area contributed by atoms with Crippen LogP contribution in [0.15, 0.2) is 36.9 Å². The number of benzene rings is 1. The van der Waals surface area contributed by atoms with Gasteiger partial charge in [-0.3, -0.25) is 0 Å². The summed E-state index contributed by atoms with van der Waals surface area (Å²) in [4.78, 5) is 0. The fourth-order valence-electron chi connectivity index (χ4n) is 2.26. The Morgan fingerprint density at radius 3 is 2.48 bits per heavy atom. The second-order valence-corrected chi connectivity index (χ2v) is 9.11. The van der Waals surface area contributed by atoms with Gasteiger partial charge < -0.3 is 9.47 Å². The van der Waals surface area contributed by atoms with Crippen molar-refractivity contribution in [2.45, 2.75) is 63.9 Å². The third-order valence-corrected chi connectivity index (χ3v) is 5.46. The van der Waals surface area contributed by atoms with Crippen molar-refractivity contribution in [2.75, 3.05) is 13.7 Å². The largest absolute Gasteiger partial charge is 0.497 e. The summed E-state index contributed by atoms with van der Waals surface area (Å²) < 4.78 is 26.1. The Kier molecular flexibility index (Phi) is 10.0. The molecule has 5 heteroatoms. The highest BCUT2D eigenvalue weighted by molar-refractivity contribution is 7.84. The summed E-state index contributed by atoms with van der Waals surface area (Å²) in [6.07, 6.45) is 5.72. The number of hydrogen-bond donors (Lipinski definition) is 1. The predicted octanol–water partition coefficient (Wildman–Crippen LogP) is 4.38. The molecule has 0 heterocycles. The zero-order chi connectivity index (χ0) is 18.7. The molecule has 1 N–H and O–H groups in total. The van der Waals surface area contributed by atoms with E-state index in [0.29, 0.717) is 6.61 Å². The molecule has 0 unspecified atom stereocenters. The number of rotatable bonds is 12. The topological polar surface area (TPSA) is 47.6 Å². The number of nitrogens with one attached hydrogen (secondary N) is 1. The maximum absolute atomic E-state index is 12.2. The first-order valence-electron chi connectivity index (χ1n) is 8.86. The van der Waals surface area contributed by atoms with E-state index in [-0.39, 0.29) is 10.8 Å². The summed E-state index contributed by atoms with van der Waals surface area (Å²) in [5.74, 6) is 0.858. The molecule has 1 rings (SSSR count). The monoisotopic (exact) mass is 367 g/mol. The first-order valence-corrected chi connectivity index (χ1v) is 10.0. The van der Waals surface area contributed by atoms with Crippen molar-refractivity contribution >= 4 is 11.0 Å². The molecule has 0 spiro atoms. The normalized spacial score (nSPS) is 14.1. The Hall–Kier alpha value is -1.17. The second-order valence-electron chi connectivity index (χ2n) is 7.12. The molecule has 0 amide bonds. The van der Waals surface area contributed by atoms with E-state index >= 15 is 0 Å². The summed E-state index contributed by atoms with van der Waals surface area (Å²) in [6.45, 7) is 11.1. The molecule has 25 heavy (non-hydrogen) atoms. The third-order valence-electron chi connectivity index (χ3n) is 3.80. The molecule has 0 bridgehead atoms. The van der Waals surface area contributed by atoms with E-state index in [2.05, 4.69) is 11.3 Å². The van der Waals surface area contributed by atoms with Crippen LogP contribution >= 0.6 is 0 Å². The standard InChI is InChI=1S/C20H33NO3S/c1-6-9-18(21-25(22)20(2,3)4)10-7-8-15-24-16-17-11-13-19(23-5)14-12-17/h6,11-14,18,21H,1,7-10,15-16H2,2-5H3/t18-,25+/m1/s1. The lowest BCUT2D eigenvalue weighted by atomic mass is 10.1. The molecular weight excluding hydrogens is 334 g/mol. The van der Waals surface area contributed by atoms with Crippen LogP contribution in [0.2, 0.25) is 0 Å². The van der Waals surface area contributed by atoms with Crippen molar-refractivity contribution in [2.24, 2.45) is 0 Å². The fraction of sp³-hybridized carbons (Fsp3) is 0.600. The lowest BCUT2D eigenvalue weighted by Crippen LogP contribution is -2.39. The molecule has 0 fully saturated rings. The fourth-order valence-corrected chi connectivity index (χ4v) is 3.13. The summed E-state index contributed by atoms with van der Waals surface area (Å²) in [5, 5.41) is 0. The van der Waals surface area contributed by atoms with Crippen LogP contribution in [0.25, 0.3) is 0 Å². The van der Waals surface area contributed by atoms with Crippen LogP contribution in [0, 0.1) is 0 Å². The van der Waals surface area contributed by atoms with Crippen LogP contribution in [-0.2, 0) is 22.3 Å². The third kappa shape index (κ3) is 9.19. The van der Waals surface area contributed by atoms with Gasteiger partial charge >= 0.3 is 0 Å². The van der Waals surface area contributed by atoms with E-state index in [9.17, 15) is 4.21 Å². The van der Waals surface area contributed by atoms with E-state index in [4.69, 9.17) is 9.47 Å². The Bertz CT molecular complexity index is 523. The van der Waals surface area contributed by atoms with Gasteiger partial charge in [-0.1, -0.05) is 18.2 Å². The van der Waals surface area contributed by atoms with Crippen LogP contribution in [0.4, 0.5) is 0 Å². The maximum atomic E-state index is 12.2. The summed E-state index contributed by atoms with van der Waals surface area (Å²) in [5.41, 5.74) is 1.15. The molecule has 0 aliphatic heterocycles. The van der Waals surface area contributed by atoms with E-state index in [1.807, 2.05) is 51.1 Å². The van der Waals surface area contributed by atoms with E-state index < -0.39 is 11.0 Å². The molecule has 1 aromatic carbocycles. The van der Waals surface area contributed by atoms with Gasteiger partial charge in [0.25, 0.3) is 0 Å². The lowest BCUT2D eigenvalue weighted by molar-refractivity contribution is 0.116. The first kappa shape index (κ1) is 21.9. The Morgan fingerprint density at radius 1 is 1.24 bits per heavy atom. The zero-order valence-electron chi connectivity index (χ0n) is 16.0. The Balaban J connectivity index is 2.22. The van der Waals surface area contributed by atoms with Crippen LogP contribution < -0.4 is 9.46 Å². The van der Waals surface area contributed by atoms with Crippen molar-refractivity contribution < 1.29 is 13.7 Å². The van der Waals surface area contributed by atoms with Gasteiger partial charge in [0.05, 0.1) is 29.4 Å². The second kappa shape index (κ2) is 11.4. The Morgan fingerprint density at radius 2 is 1.92 bits per heavy atom. The maximum Gasteiger partial charge on any atom is 0.118 e. The molecule has 0 radical (unpaired) electrons. The first-order chi connectivity index (χ1) is 11.9. The highest BCUT2D eigenvalue weighted by Crippen LogP contribution is 2.14. The van der Waals surface area contributed by atoms with E-state index in [0.717, 1.165) is 43.6 Å². The van der Waals surface area contributed by atoms with E-state index in [1.54, 1.807) is 7.11 Å². The number of unbranched alkanes of at least 4 members (excludes halogenated alkanes) is 1. The number of ether oxygens (including phenoxy) is 2. The molecule has 1 aromatic rings. The predicted molar refractivity (Wildman–Crippen MR) is 106 cm³/mol. The van der Waals surface area contributed by atoms with Crippen molar-refractivity contribution in [3.05, 3.63) is 42.5 Å². The molecule has 0 aromatic heterocycles. The molecular formula is C20H33NO3S. The van der Waals surface area contributed by atoms with Gasteiger partial charge in [0.2, 0.25) is 0 Å². The summed E-state index contributed by atoms with van der Waals surface area (Å²) in [6, 6.07) is 8.13. The number of hydrogen-bond acceptors (Lipinski definition) is 3. The van der Waals surface area contributed by atoms with Crippen LogP contribution in [0.5, 0.6) is 5.75 Å². The van der Waals surface area contributed by atoms with Crippen LogP contribution in [-0.4, -0.2) is 28.7 Å². The quantitative estimate of drug-likeness (QED) is 0.440. The van der Waals surface area contributed by atoms with Crippen molar-refractivity contribution in [3.63, 3.8) is 0 Å². The Labute approximate surface area is 155 Å². The average Bonchev–Trinajstić information content (AvgIpc) is 2.57.